The van der Waals surface area contributed by atoms with Gasteiger partial charge in [-0.1, -0.05) is 6.07 Å². The van der Waals surface area contributed by atoms with Crippen molar-refractivity contribution in [3.63, 3.8) is 0 Å². The van der Waals surface area contributed by atoms with Crippen LogP contribution in [0.1, 0.15) is 25.1 Å². The van der Waals surface area contributed by atoms with E-state index in [-0.39, 0.29) is 0 Å². The van der Waals surface area contributed by atoms with Crippen LogP contribution in [0.2, 0.25) is 0 Å². The Morgan fingerprint density at radius 2 is 2.21 bits per heavy atom. The Morgan fingerprint density at radius 3 is 2.89 bits per heavy atom. The number of guanidine groups is 1. The van der Waals surface area contributed by atoms with Crippen molar-refractivity contribution in [2.24, 2.45) is 4.99 Å². The van der Waals surface area contributed by atoms with E-state index in [0.29, 0.717) is 13.2 Å². The number of rotatable bonds is 7. The minimum Gasteiger partial charge on any atom is -0.380 e. The molecule has 0 atom stereocenters. The number of hydrogen-bond donors (Lipinski definition) is 2. The van der Waals surface area contributed by atoms with Crippen molar-refractivity contribution in [1.29, 1.82) is 0 Å². The van der Waals surface area contributed by atoms with Crippen LogP contribution in [0.4, 0.5) is 0 Å². The summed E-state index contributed by atoms with van der Waals surface area (Å²) in [5.41, 5.74) is 2.17. The molecule has 0 radical (unpaired) electrons. The molecule has 1 aromatic heterocycles. The molecule has 5 heteroatoms. The predicted molar refractivity (Wildman–Crippen MR) is 78.3 cm³/mol. The lowest BCUT2D eigenvalue weighted by Crippen LogP contribution is -2.39. The summed E-state index contributed by atoms with van der Waals surface area (Å²) in [6.45, 7) is 9.67. The fourth-order valence-electron chi connectivity index (χ4n) is 1.57. The Hall–Kier alpha value is -1.62. The number of ether oxygens (including phenoxy) is 1. The molecule has 0 saturated carbocycles. The Kier molecular flexibility index (Phi) is 7.58. The Balaban J connectivity index is 2.50. The van der Waals surface area contributed by atoms with Crippen LogP contribution >= 0.6 is 0 Å². The highest BCUT2D eigenvalue weighted by Crippen LogP contribution is 2.04. The van der Waals surface area contributed by atoms with Gasteiger partial charge in [-0.15, -0.1) is 0 Å². The van der Waals surface area contributed by atoms with Gasteiger partial charge in [0, 0.05) is 25.9 Å². The zero-order valence-electron chi connectivity index (χ0n) is 12.1. The van der Waals surface area contributed by atoms with Gasteiger partial charge in [0.2, 0.25) is 0 Å². The van der Waals surface area contributed by atoms with E-state index >= 15 is 0 Å². The van der Waals surface area contributed by atoms with Crippen molar-refractivity contribution in [3.8, 4) is 0 Å². The molecule has 0 amide bonds. The molecule has 1 heterocycles. The van der Waals surface area contributed by atoms with Crippen molar-refractivity contribution < 1.29 is 4.74 Å². The van der Waals surface area contributed by atoms with Crippen LogP contribution in [-0.4, -0.2) is 37.2 Å². The Labute approximate surface area is 115 Å². The van der Waals surface area contributed by atoms with E-state index in [1.807, 2.05) is 32.9 Å². The van der Waals surface area contributed by atoms with Gasteiger partial charge in [0.25, 0.3) is 0 Å². The topological polar surface area (TPSA) is 58.5 Å². The molecule has 0 aliphatic rings. The standard InChI is InChI=1S/C14H24N4O/c1-4-15-14(17-9-10-19-5-2)18-11-13-12(3)7-6-8-16-13/h6-8H,4-5,9-11H2,1-3H3,(H2,15,17,18). The number of pyridine rings is 1. The summed E-state index contributed by atoms with van der Waals surface area (Å²) in [5, 5.41) is 6.44. The number of nitrogens with one attached hydrogen (secondary N) is 2. The zero-order chi connectivity index (χ0) is 13.9. The SMILES string of the molecule is CCNC(=NCc1ncccc1C)NCCOCC. The number of nitrogens with zero attached hydrogens (tertiary/aromatic N) is 2. The molecule has 0 bridgehead atoms. The van der Waals surface area contributed by atoms with Gasteiger partial charge >= 0.3 is 0 Å². The summed E-state index contributed by atoms with van der Waals surface area (Å²) < 4.78 is 5.29. The lowest BCUT2D eigenvalue weighted by atomic mass is 10.2. The van der Waals surface area contributed by atoms with Gasteiger partial charge in [0.05, 0.1) is 18.8 Å². The third-order valence-corrected chi connectivity index (χ3v) is 2.59. The maximum atomic E-state index is 5.29. The van der Waals surface area contributed by atoms with Gasteiger partial charge in [0.1, 0.15) is 0 Å². The molecule has 0 unspecified atom stereocenters. The number of aliphatic imine (C=N–C) groups is 1. The maximum absolute atomic E-state index is 5.29. The molecule has 0 spiro atoms. The third-order valence-electron chi connectivity index (χ3n) is 2.59. The van der Waals surface area contributed by atoms with Crippen LogP contribution in [0.3, 0.4) is 0 Å². The number of hydrogen-bond acceptors (Lipinski definition) is 3. The van der Waals surface area contributed by atoms with Crippen molar-refractivity contribution >= 4 is 5.96 Å². The van der Waals surface area contributed by atoms with E-state index < -0.39 is 0 Å². The van der Waals surface area contributed by atoms with Crippen LogP contribution in [0.15, 0.2) is 23.3 Å². The van der Waals surface area contributed by atoms with Crippen LogP contribution < -0.4 is 10.6 Å². The zero-order valence-corrected chi connectivity index (χ0v) is 12.1. The lowest BCUT2D eigenvalue weighted by Gasteiger charge is -2.11. The first-order valence-corrected chi connectivity index (χ1v) is 6.78. The summed E-state index contributed by atoms with van der Waals surface area (Å²) in [7, 11) is 0. The molecule has 2 N–H and O–H groups in total. The van der Waals surface area contributed by atoms with Crippen molar-refractivity contribution in [1.82, 2.24) is 15.6 Å². The summed E-state index contributed by atoms with van der Waals surface area (Å²) >= 11 is 0. The van der Waals surface area contributed by atoms with Crippen molar-refractivity contribution in [2.75, 3.05) is 26.3 Å². The minimum atomic E-state index is 0.580. The Bertz CT molecular complexity index is 393. The second-order valence-electron chi connectivity index (χ2n) is 4.09. The molecule has 1 aromatic rings. The fourth-order valence-corrected chi connectivity index (χ4v) is 1.57. The van der Waals surface area contributed by atoms with Crippen LogP contribution in [0, 0.1) is 6.92 Å². The first-order chi connectivity index (χ1) is 9.27. The van der Waals surface area contributed by atoms with Gasteiger partial charge in [-0.2, -0.15) is 0 Å². The van der Waals surface area contributed by atoms with Gasteiger partial charge < -0.3 is 15.4 Å². The molecule has 19 heavy (non-hydrogen) atoms. The van der Waals surface area contributed by atoms with Crippen molar-refractivity contribution in [3.05, 3.63) is 29.6 Å². The van der Waals surface area contributed by atoms with Gasteiger partial charge in [-0.3, -0.25) is 4.98 Å². The summed E-state index contributed by atoms with van der Waals surface area (Å²) in [5.74, 6) is 0.798. The van der Waals surface area contributed by atoms with Gasteiger partial charge in [0.15, 0.2) is 5.96 Å². The molecule has 106 valence electrons. The molecular formula is C14H24N4O. The Morgan fingerprint density at radius 1 is 1.37 bits per heavy atom. The lowest BCUT2D eigenvalue weighted by molar-refractivity contribution is 0.152. The van der Waals surface area contributed by atoms with E-state index in [4.69, 9.17) is 4.74 Å². The summed E-state index contributed by atoms with van der Waals surface area (Å²) in [6.07, 6.45) is 1.80. The second kappa shape index (κ2) is 9.33. The van der Waals surface area contributed by atoms with Crippen LogP contribution in [0.25, 0.3) is 0 Å². The van der Waals surface area contributed by atoms with Gasteiger partial charge in [-0.05, 0) is 32.4 Å². The smallest absolute Gasteiger partial charge is 0.191 e. The molecule has 0 saturated heterocycles. The average Bonchev–Trinajstić information content (AvgIpc) is 2.42. The molecule has 0 aliphatic heterocycles. The summed E-state index contributed by atoms with van der Waals surface area (Å²) in [6, 6.07) is 3.99. The van der Waals surface area contributed by atoms with E-state index in [0.717, 1.165) is 36.9 Å². The van der Waals surface area contributed by atoms with Crippen molar-refractivity contribution in [2.45, 2.75) is 27.3 Å². The first kappa shape index (κ1) is 15.4. The largest absolute Gasteiger partial charge is 0.380 e. The fraction of sp³-hybridized carbons (Fsp3) is 0.571. The molecule has 0 aromatic carbocycles. The molecule has 5 nitrogen and oxygen atoms in total. The molecule has 0 aliphatic carbocycles. The highest BCUT2D eigenvalue weighted by Gasteiger charge is 2.00. The van der Waals surface area contributed by atoms with Gasteiger partial charge in [-0.25, -0.2) is 4.99 Å². The van der Waals surface area contributed by atoms with E-state index in [1.54, 1.807) is 6.20 Å². The normalized spacial score (nSPS) is 11.4. The summed E-state index contributed by atoms with van der Waals surface area (Å²) in [4.78, 5) is 8.85. The monoisotopic (exact) mass is 264 g/mol. The van der Waals surface area contributed by atoms with E-state index in [2.05, 4.69) is 20.6 Å². The predicted octanol–water partition coefficient (Wildman–Crippen LogP) is 1.48. The molecule has 1 rings (SSSR count). The van der Waals surface area contributed by atoms with E-state index in [1.165, 1.54) is 0 Å². The first-order valence-electron chi connectivity index (χ1n) is 6.78. The second-order valence-corrected chi connectivity index (χ2v) is 4.09. The third kappa shape index (κ3) is 6.20. The average molecular weight is 264 g/mol. The molecule has 0 fully saturated rings. The molecular weight excluding hydrogens is 240 g/mol. The maximum Gasteiger partial charge on any atom is 0.191 e. The van der Waals surface area contributed by atoms with Crippen LogP contribution in [0.5, 0.6) is 0 Å². The highest BCUT2D eigenvalue weighted by molar-refractivity contribution is 5.79. The number of aromatic nitrogens is 1. The quantitative estimate of drug-likeness (QED) is 0.445. The number of aryl methyl sites for hydroxylation is 1. The van der Waals surface area contributed by atoms with Crippen LogP contribution in [-0.2, 0) is 11.3 Å². The van der Waals surface area contributed by atoms with E-state index in [9.17, 15) is 0 Å². The minimum absolute atomic E-state index is 0.580. The highest BCUT2D eigenvalue weighted by atomic mass is 16.5.